The first-order valence-electron chi connectivity index (χ1n) is 7.67. The largest absolute Gasteiger partial charge is 0.457 e. The number of rotatable bonds is 5. The Morgan fingerprint density at radius 1 is 0.792 bits per heavy atom. The number of carbonyl (C=O) groups is 1. The minimum atomic E-state index is -0.702. The van der Waals surface area contributed by atoms with Gasteiger partial charge in [0, 0.05) is 5.69 Å². The Morgan fingerprint density at radius 3 is 1.96 bits per heavy atom. The maximum atomic E-state index is 12.2. The van der Waals surface area contributed by atoms with E-state index in [9.17, 15) is 4.79 Å². The Bertz CT molecular complexity index is 787. The summed E-state index contributed by atoms with van der Waals surface area (Å²) < 4.78 is 5.72. The fourth-order valence-electron chi connectivity index (χ4n) is 2.26. The van der Waals surface area contributed by atoms with Gasteiger partial charge >= 0.3 is 0 Å². The van der Waals surface area contributed by atoms with Crippen LogP contribution in [0.2, 0.25) is 0 Å². The number of ether oxygens (including phenoxy) is 1. The van der Waals surface area contributed by atoms with Gasteiger partial charge in [0.05, 0.1) is 0 Å². The normalized spacial score (nSPS) is 11.5. The van der Waals surface area contributed by atoms with Gasteiger partial charge in [-0.2, -0.15) is 0 Å². The third-order valence-electron chi connectivity index (χ3n) is 3.54. The van der Waals surface area contributed by atoms with Crippen LogP contribution < -0.4 is 15.8 Å². The molecule has 0 aliphatic carbocycles. The summed E-state index contributed by atoms with van der Waals surface area (Å²) in [5, 5.41) is 2.81. The zero-order valence-electron chi connectivity index (χ0n) is 13.1. The van der Waals surface area contributed by atoms with E-state index in [1.807, 2.05) is 60.7 Å². The first-order valence-corrected chi connectivity index (χ1v) is 7.67. The van der Waals surface area contributed by atoms with E-state index in [0.29, 0.717) is 11.4 Å². The summed E-state index contributed by atoms with van der Waals surface area (Å²) >= 11 is 0. The highest BCUT2D eigenvalue weighted by Crippen LogP contribution is 2.23. The van der Waals surface area contributed by atoms with Gasteiger partial charge in [0.15, 0.2) is 0 Å². The van der Waals surface area contributed by atoms with Crippen LogP contribution in [0.15, 0.2) is 84.9 Å². The second-order valence-electron chi connectivity index (χ2n) is 5.32. The van der Waals surface area contributed by atoms with Crippen LogP contribution in [0.4, 0.5) is 5.69 Å². The Morgan fingerprint density at radius 2 is 1.33 bits per heavy atom. The second-order valence-corrected chi connectivity index (χ2v) is 5.32. The maximum absolute atomic E-state index is 12.2. The first-order chi connectivity index (χ1) is 11.7. The van der Waals surface area contributed by atoms with Gasteiger partial charge < -0.3 is 15.8 Å². The quantitative estimate of drug-likeness (QED) is 0.744. The van der Waals surface area contributed by atoms with E-state index in [1.54, 1.807) is 24.3 Å². The van der Waals surface area contributed by atoms with E-state index in [-0.39, 0.29) is 5.91 Å². The van der Waals surface area contributed by atoms with Crippen LogP contribution in [-0.2, 0) is 4.79 Å². The van der Waals surface area contributed by atoms with Crippen LogP contribution in [0.1, 0.15) is 11.6 Å². The zero-order chi connectivity index (χ0) is 16.8. The zero-order valence-corrected chi connectivity index (χ0v) is 13.1. The third kappa shape index (κ3) is 4.00. The average molecular weight is 318 g/mol. The van der Waals surface area contributed by atoms with Gasteiger partial charge in [-0.05, 0) is 42.0 Å². The van der Waals surface area contributed by atoms with Gasteiger partial charge in [-0.25, -0.2) is 0 Å². The minimum absolute atomic E-state index is 0.252. The fraction of sp³-hybridized carbons (Fsp3) is 0.0500. The molecular formula is C20H18N2O2. The molecule has 0 aliphatic heterocycles. The lowest BCUT2D eigenvalue weighted by molar-refractivity contribution is -0.117. The molecule has 120 valence electrons. The van der Waals surface area contributed by atoms with E-state index in [0.717, 1.165) is 11.3 Å². The summed E-state index contributed by atoms with van der Waals surface area (Å²) in [6.07, 6.45) is 0. The Hall–Kier alpha value is -3.11. The van der Waals surface area contributed by atoms with Crippen LogP contribution in [0.3, 0.4) is 0 Å². The summed E-state index contributed by atoms with van der Waals surface area (Å²) in [5.41, 5.74) is 7.43. The van der Waals surface area contributed by atoms with E-state index in [4.69, 9.17) is 10.5 Å². The lowest BCUT2D eigenvalue weighted by atomic mass is 10.1. The van der Waals surface area contributed by atoms with Crippen molar-refractivity contribution in [1.82, 2.24) is 0 Å². The lowest BCUT2D eigenvalue weighted by Crippen LogP contribution is -2.27. The van der Waals surface area contributed by atoms with Crippen LogP contribution in [0.5, 0.6) is 11.5 Å². The average Bonchev–Trinajstić information content (AvgIpc) is 2.64. The van der Waals surface area contributed by atoms with Gasteiger partial charge in [0.1, 0.15) is 17.5 Å². The van der Waals surface area contributed by atoms with Crippen molar-refractivity contribution < 1.29 is 9.53 Å². The number of para-hydroxylation sites is 1. The molecule has 0 bridgehead atoms. The maximum Gasteiger partial charge on any atom is 0.245 e. The number of anilines is 1. The molecule has 3 aromatic carbocycles. The number of hydrogen-bond donors (Lipinski definition) is 2. The minimum Gasteiger partial charge on any atom is -0.457 e. The van der Waals surface area contributed by atoms with Gasteiger partial charge in [-0.3, -0.25) is 4.79 Å². The summed E-state index contributed by atoms with van der Waals surface area (Å²) in [4.78, 5) is 12.2. The number of amides is 1. The Labute approximate surface area is 140 Å². The molecule has 24 heavy (non-hydrogen) atoms. The SMILES string of the molecule is NC(C(=O)Nc1ccc(Oc2ccccc2)cc1)c1ccccc1. The van der Waals surface area contributed by atoms with Crippen LogP contribution in [0, 0.1) is 0 Å². The van der Waals surface area contributed by atoms with Gasteiger partial charge in [-0.15, -0.1) is 0 Å². The molecule has 0 saturated heterocycles. The molecule has 1 atom stereocenters. The van der Waals surface area contributed by atoms with Gasteiger partial charge in [0.2, 0.25) is 5.91 Å². The predicted molar refractivity (Wildman–Crippen MR) is 95.0 cm³/mol. The van der Waals surface area contributed by atoms with Crippen molar-refractivity contribution in [2.45, 2.75) is 6.04 Å². The molecule has 0 heterocycles. The van der Waals surface area contributed by atoms with Crippen molar-refractivity contribution in [2.75, 3.05) is 5.32 Å². The van der Waals surface area contributed by atoms with Crippen molar-refractivity contribution >= 4 is 11.6 Å². The van der Waals surface area contributed by atoms with Crippen molar-refractivity contribution in [1.29, 1.82) is 0 Å². The van der Waals surface area contributed by atoms with E-state index in [1.165, 1.54) is 0 Å². The van der Waals surface area contributed by atoms with Gasteiger partial charge in [0.25, 0.3) is 0 Å². The number of hydrogen-bond acceptors (Lipinski definition) is 3. The lowest BCUT2D eigenvalue weighted by Gasteiger charge is -2.13. The first kappa shape index (κ1) is 15.8. The highest BCUT2D eigenvalue weighted by molar-refractivity contribution is 5.95. The number of nitrogens with one attached hydrogen (secondary N) is 1. The molecule has 0 fully saturated rings. The molecule has 4 nitrogen and oxygen atoms in total. The van der Waals surface area contributed by atoms with Gasteiger partial charge in [-0.1, -0.05) is 48.5 Å². The summed E-state index contributed by atoms with van der Waals surface area (Å²) in [7, 11) is 0. The number of carbonyl (C=O) groups excluding carboxylic acids is 1. The molecule has 0 radical (unpaired) electrons. The number of nitrogens with two attached hydrogens (primary N) is 1. The van der Waals surface area contributed by atoms with Crippen LogP contribution in [0.25, 0.3) is 0 Å². The van der Waals surface area contributed by atoms with E-state index in [2.05, 4.69) is 5.32 Å². The van der Waals surface area contributed by atoms with E-state index < -0.39 is 6.04 Å². The molecule has 3 aromatic rings. The van der Waals surface area contributed by atoms with Crippen molar-refractivity contribution in [3.05, 3.63) is 90.5 Å². The molecule has 0 aliphatic rings. The molecule has 3 N–H and O–H groups in total. The second kappa shape index (κ2) is 7.44. The smallest absolute Gasteiger partial charge is 0.245 e. The summed E-state index contributed by atoms with van der Waals surface area (Å²) in [5.74, 6) is 1.21. The molecule has 3 rings (SSSR count). The molecular weight excluding hydrogens is 300 g/mol. The molecule has 1 unspecified atom stereocenters. The van der Waals surface area contributed by atoms with Crippen molar-refractivity contribution in [3.63, 3.8) is 0 Å². The highest BCUT2D eigenvalue weighted by Gasteiger charge is 2.15. The summed E-state index contributed by atoms with van der Waals surface area (Å²) in [6, 6.07) is 25.3. The van der Waals surface area contributed by atoms with E-state index >= 15 is 0 Å². The predicted octanol–water partition coefficient (Wildman–Crippen LogP) is 4.12. The van der Waals surface area contributed by atoms with Crippen LogP contribution >= 0.6 is 0 Å². The van der Waals surface area contributed by atoms with Crippen molar-refractivity contribution in [3.8, 4) is 11.5 Å². The molecule has 4 heteroatoms. The van der Waals surface area contributed by atoms with Crippen LogP contribution in [-0.4, -0.2) is 5.91 Å². The third-order valence-corrected chi connectivity index (χ3v) is 3.54. The number of benzene rings is 3. The topological polar surface area (TPSA) is 64.4 Å². The fourth-order valence-corrected chi connectivity index (χ4v) is 2.26. The molecule has 0 aromatic heterocycles. The Balaban J connectivity index is 1.62. The van der Waals surface area contributed by atoms with Crippen molar-refractivity contribution in [2.24, 2.45) is 5.73 Å². The summed E-state index contributed by atoms with van der Waals surface area (Å²) in [6.45, 7) is 0. The molecule has 0 spiro atoms. The standard InChI is InChI=1S/C20H18N2O2/c21-19(15-7-3-1-4-8-15)20(23)22-16-11-13-18(14-12-16)24-17-9-5-2-6-10-17/h1-14,19H,21H2,(H,22,23). The highest BCUT2D eigenvalue weighted by atomic mass is 16.5. The Kier molecular flexibility index (Phi) is 4.89. The molecule has 0 saturated carbocycles. The molecule has 1 amide bonds. The monoisotopic (exact) mass is 318 g/mol.